The summed E-state index contributed by atoms with van der Waals surface area (Å²) in [5.74, 6) is -0.0532. The van der Waals surface area contributed by atoms with Crippen molar-refractivity contribution in [3.05, 3.63) is 83.0 Å². The molecular weight excluding hydrogens is 450 g/mol. The predicted octanol–water partition coefficient (Wildman–Crippen LogP) is 6.12. The molecule has 3 aromatic carbocycles. The Labute approximate surface area is 211 Å². The highest BCUT2D eigenvalue weighted by atomic mass is 16.6. The van der Waals surface area contributed by atoms with Crippen molar-refractivity contribution in [3.8, 4) is 0 Å². The van der Waals surface area contributed by atoms with Crippen molar-refractivity contribution < 1.29 is 14.3 Å². The van der Waals surface area contributed by atoms with E-state index >= 15 is 0 Å². The van der Waals surface area contributed by atoms with Crippen LogP contribution in [-0.4, -0.2) is 29.1 Å². The Bertz CT molecular complexity index is 1450. The van der Waals surface area contributed by atoms with Gasteiger partial charge in [-0.15, -0.1) is 0 Å². The zero-order valence-electron chi connectivity index (χ0n) is 21.3. The lowest BCUT2D eigenvalue weighted by Crippen LogP contribution is -2.35. The highest BCUT2D eigenvalue weighted by Crippen LogP contribution is 2.48. The molecule has 4 aromatic rings. The lowest BCUT2D eigenvalue weighted by Gasteiger charge is -2.21. The van der Waals surface area contributed by atoms with Crippen LogP contribution in [0.2, 0.25) is 0 Å². The molecule has 2 amide bonds. The highest BCUT2D eigenvalue weighted by molar-refractivity contribution is 6.00. The number of carbonyl (C=O) groups is 2. The van der Waals surface area contributed by atoms with Crippen molar-refractivity contribution in [3.63, 3.8) is 0 Å². The summed E-state index contributed by atoms with van der Waals surface area (Å²) in [5, 5.41) is 9.57. The van der Waals surface area contributed by atoms with E-state index in [2.05, 4.69) is 52.0 Å². The summed E-state index contributed by atoms with van der Waals surface area (Å²) in [5.41, 5.74) is 3.87. The zero-order valence-corrected chi connectivity index (χ0v) is 21.3. The molecule has 0 radical (unpaired) electrons. The lowest BCUT2D eigenvalue weighted by atomic mass is 9.96. The van der Waals surface area contributed by atoms with E-state index in [1.165, 1.54) is 16.3 Å². The second-order valence-electron chi connectivity index (χ2n) is 10.8. The van der Waals surface area contributed by atoms with Crippen LogP contribution in [-0.2, 0) is 16.7 Å². The summed E-state index contributed by atoms with van der Waals surface area (Å²) in [7, 11) is 0. The van der Waals surface area contributed by atoms with E-state index in [4.69, 9.17) is 4.74 Å². The van der Waals surface area contributed by atoms with Gasteiger partial charge in [-0.25, -0.2) is 4.79 Å². The number of aryl methyl sites for hydroxylation is 1. The average molecular weight is 484 g/mol. The van der Waals surface area contributed by atoms with E-state index in [0.717, 1.165) is 35.0 Å². The van der Waals surface area contributed by atoms with Gasteiger partial charge in [0.1, 0.15) is 5.60 Å². The van der Waals surface area contributed by atoms with Gasteiger partial charge in [0.2, 0.25) is 0 Å². The van der Waals surface area contributed by atoms with Crippen LogP contribution in [0.25, 0.3) is 21.7 Å². The summed E-state index contributed by atoms with van der Waals surface area (Å²) >= 11 is 0. The van der Waals surface area contributed by atoms with Gasteiger partial charge in [0.15, 0.2) is 0 Å². The van der Waals surface area contributed by atoms with Crippen LogP contribution in [0, 0.1) is 6.92 Å². The Hall–Kier alpha value is -3.80. The van der Waals surface area contributed by atoms with E-state index in [1.807, 2.05) is 52.0 Å². The van der Waals surface area contributed by atoms with Gasteiger partial charge < -0.3 is 20.4 Å². The monoisotopic (exact) mass is 483 g/mol. The summed E-state index contributed by atoms with van der Waals surface area (Å²) in [6.07, 6.45) is 2.09. The molecule has 1 heterocycles. The first-order chi connectivity index (χ1) is 17.1. The molecule has 0 spiro atoms. The van der Waals surface area contributed by atoms with Crippen molar-refractivity contribution in [2.24, 2.45) is 0 Å². The van der Waals surface area contributed by atoms with Gasteiger partial charge in [0.05, 0.1) is 5.54 Å². The maximum Gasteiger partial charge on any atom is 0.407 e. The van der Waals surface area contributed by atoms with Crippen LogP contribution in [0.4, 0.5) is 4.79 Å². The number of hydrogen-bond donors (Lipinski definition) is 3. The van der Waals surface area contributed by atoms with Crippen molar-refractivity contribution >= 4 is 33.7 Å². The third kappa shape index (κ3) is 4.94. The van der Waals surface area contributed by atoms with Crippen molar-refractivity contribution in [1.82, 2.24) is 15.6 Å². The summed E-state index contributed by atoms with van der Waals surface area (Å²) in [4.78, 5) is 28.7. The number of benzene rings is 3. The van der Waals surface area contributed by atoms with Gasteiger partial charge in [-0.1, -0.05) is 42.5 Å². The van der Waals surface area contributed by atoms with E-state index in [9.17, 15) is 9.59 Å². The van der Waals surface area contributed by atoms with Gasteiger partial charge in [0, 0.05) is 29.7 Å². The molecule has 1 aliphatic carbocycles. The molecule has 186 valence electrons. The molecule has 0 bridgehead atoms. The maximum absolute atomic E-state index is 13.5. The number of nitrogens with one attached hydrogen (secondary N) is 3. The first-order valence-corrected chi connectivity index (χ1v) is 12.5. The number of hydrogen-bond acceptors (Lipinski definition) is 3. The number of alkyl carbamates (subject to hydrolysis) is 1. The Kier molecular flexibility index (Phi) is 5.99. The van der Waals surface area contributed by atoms with Gasteiger partial charge in [-0.2, -0.15) is 0 Å². The minimum absolute atomic E-state index is 0.0532. The van der Waals surface area contributed by atoms with E-state index in [0.29, 0.717) is 18.5 Å². The minimum Gasteiger partial charge on any atom is -0.444 e. The Balaban J connectivity index is 1.31. The molecule has 1 aromatic heterocycles. The second kappa shape index (κ2) is 9.01. The molecule has 0 unspecified atom stereocenters. The summed E-state index contributed by atoms with van der Waals surface area (Å²) in [6, 6.07) is 20.7. The Morgan fingerprint density at radius 1 is 1.00 bits per heavy atom. The maximum atomic E-state index is 13.5. The molecule has 36 heavy (non-hydrogen) atoms. The number of H-pyrrole nitrogens is 1. The van der Waals surface area contributed by atoms with Gasteiger partial charge >= 0.3 is 6.09 Å². The third-order valence-electron chi connectivity index (χ3n) is 6.74. The zero-order chi connectivity index (χ0) is 25.5. The van der Waals surface area contributed by atoms with Crippen LogP contribution < -0.4 is 10.6 Å². The number of aromatic nitrogens is 1. The molecule has 6 nitrogen and oxygen atoms in total. The van der Waals surface area contributed by atoms with Crippen molar-refractivity contribution in [2.45, 2.75) is 58.1 Å². The number of fused-ring (bicyclic) bond motifs is 2. The van der Waals surface area contributed by atoms with Gasteiger partial charge in [0.25, 0.3) is 5.91 Å². The van der Waals surface area contributed by atoms with Crippen molar-refractivity contribution in [1.29, 1.82) is 0 Å². The fraction of sp³-hybridized carbons (Fsp3) is 0.333. The smallest absolute Gasteiger partial charge is 0.407 e. The van der Waals surface area contributed by atoms with Gasteiger partial charge in [-0.3, -0.25) is 4.79 Å². The summed E-state index contributed by atoms with van der Waals surface area (Å²) < 4.78 is 5.29. The largest absolute Gasteiger partial charge is 0.444 e. The number of carbonyl (C=O) groups excluding carboxylic acids is 2. The molecule has 5 rings (SSSR count). The molecule has 0 saturated heterocycles. The Morgan fingerprint density at radius 2 is 1.75 bits per heavy atom. The normalized spacial score (nSPS) is 14.6. The third-order valence-corrected chi connectivity index (χ3v) is 6.74. The molecule has 3 N–H and O–H groups in total. The van der Waals surface area contributed by atoms with Crippen LogP contribution in [0.1, 0.15) is 60.8 Å². The molecule has 0 aliphatic heterocycles. The van der Waals surface area contributed by atoms with Crippen LogP contribution in [0.3, 0.4) is 0 Å². The fourth-order valence-corrected chi connectivity index (χ4v) is 4.86. The lowest BCUT2D eigenvalue weighted by molar-refractivity contribution is 0.0528. The minimum atomic E-state index is -0.521. The fourth-order valence-electron chi connectivity index (χ4n) is 4.86. The topological polar surface area (TPSA) is 83.2 Å². The van der Waals surface area contributed by atoms with E-state index in [1.54, 1.807) is 0 Å². The number of aromatic amines is 1. The van der Waals surface area contributed by atoms with Crippen LogP contribution >= 0.6 is 0 Å². The molecule has 1 saturated carbocycles. The van der Waals surface area contributed by atoms with E-state index < -0.39 is 11.7 Å². The molecule has 0 atom stereocenters. The number of rotatable bonds is 6. The molecule has 1 fully saturated rings. The standard InChI is InChI=1S/C30H33N3O3/c1-19-16-21-17-22(12-15-31-28(35)36-29(2,3)4)32-26(21)18-24(19)27(34)33-30(13-14-30)25-11-7-9-20-8-5-6-10-23(20)25/h5-11,16-18,32H,12-15H2,1-4H3,(H,31,35)(H,33,34). The number of amides is 2. The first-order valence-electron chi connectivity index (χ1n) is 12.5. The quantitative estimate of drug-likeness (QED) is 0.309. The summed E-state index contributed by atoms with van der Waals surface area (Å²) in [6.45, 7) is 7.96. The van der Waals surface area contributed by atoms with Crippen molar-refractivity contribution in [2.75, 3.05) is 6.54 Å². The van der Waals surface area contributed by atoms with Crippen LogP contribution in [0.5, 0.6) is 0 Å². The average Bonchev–Trinajstić information content (AvgIpc) is 3.48. The first kappa shape index (κ1) is 23.9. The van der Waals surface area contributed by atoms with E-state index in [-0.39, 0.29) is 11.4 Å². The van der Waals surface area contributed by atoms with Crippen LogP contribution in [0.15, 0.2) is 60.7 Å². The second-order valence-corrected chi connectivity index (χ2v) is 10.8. The highest BCUT2D eigenvalue weighted by Gasteiger charge is 2.46. The predicted molar refractivity (Wildman–Crippen MR) is 143 cm³/mol. The van der Waals surface area contributed by atoms with Gasteiger partial charge in [-0.05, 0) is 86.0 Å². The Morgan fingerprint density at radius 3 is 2.50 bits per heavy atom. The molecule has 6 heteroatoms. The SMILES string of the molecule is Cc1cc2cc(CCNC(=O)OC(C)(C)C)[nH]c2cc1C(=O)NC1(c2cccc3ccccc23)CC1. The molecule has 1 aliphatic rings. The molecular formula is C30H33N3O3. The number of ether oxygens (including phenoxy) is 1.